The zero-order chi connectivity index (χ0) is 21.8. The van der Waals surface area contributed by atoms with Gasteiger partial charge in [0.25, 0.3) is 15.9 Å². The van der Waals surface area contributed by atoms with E-state index >= 15 is 0 Å². The molecule has 0 saturated heterocycles. The normalized spacial score (nSPS) is 29.0. The van der Waals surface area contributed by atoms with Crippen molar-refractivity contribution >= 4 is 21.6 Å². The van der Waals surface area contributed by atoms with Crippen molar-refractivity contribution in [2.24, 2.45) is 17.8 Å². The Morgan fingerprint density at radius 1 is 0.903 bits per heavy atom. The van der Waals surface area contributed by atoms with Crippen LogP contribution in [0.25, 0.3) is 0 Å². The fraction of sp³-hybridized carbons (Fsp3) is 0.480. The number of anilines is 1. The molecule has 4 aliphatic carbocycles. The largest absolute Gasteiger partial charge is 0.347 e. The lowest BCUT2D eigenvalue weighted by Crippen LogP contribution is -2.59. The van der Waals surface area contributed by atoms with E-state index in [1.807, 2.05) is 19.1 Å². The molecule has 4 fully saturated rings. The van der Waals surface area contributed by atoms with Gasteiger partial charge in [-0.3, -0.25) is 9.52 Å². The number of nitrogens with one attached hydrogen (secondary N) is 2. The zero-order valence-corrected chi connectivity index (χ0v) is 19.0. The first-order valence-corrected chi connectivity index (χ1v) is 12.7. The van der Waals surface area contributed by atoms with Gasteiger partial charge in [0.15, 0.2) is 0 Å². The third-order valence-corrected chi connectivity index (χ3v) is 8.98. The number of benzene rings is 2. The maximum absolute atomic E-state index is 13.2. The molecular weight excluding hydrogens is 408 g/mol. The van der Waals surface area contributed by atoms with E-state index in [0.717, 1.165) is 42.6 Å². The Balaban J connectivity index is 1.38. The number of amides is 1. The predicted molar refractivity (Wildman–Crippen MR) is 122 cm³/mol. The van der Waals surface area contributed by atoms with Crippen LogP contribution in [0.1, 0.15) is 60.0 Å². The summed E-state index contributed by atoms with van der Waals surface area (Å²) in [5.74, 6) is 2.05. The molecule has 4 aliphatic rings. The highest BCUT2D eigenvalue weighted by Gasteiger charge is 2.51. The topological polar surface area (TPSA) is 75.3 Å². The first-order chi connectivity index (χ1) is 14.7. The summed E-state index contributed by atoms with van der Waals surface area (Å²) in [5.41, 5.74) is 2.49. The van der Waals surface area contributed by atoms with Crippen LogP contribution >= 0.6 is 0 Å². The van der Waals surface area contributed by atoms with Gasteiger partial charge in [-0.15, -0.1) is 0 Å². The van der Waals surface area contributed by atoms with E-state index in [1.54, 1.807) is 31.2 Å². The second-order valence-electron chi connectivity index (χ2n) is 10.1. The third-order valence-electron chi connectivity index (χ3n) is 7.46. The van der Waals surface area contributed by atoms with Crippen LogP contribution in [0.3, 0.4) is 0 Å². The fourth-order valence-electron chi connectivity index (χ4n) is 6.44. The van der Waals surface area contributed by atoms with E-state index in [0.29, 0.717) is 16.8 Å². The molecule has 4 bridgehead atoms. The van der Waals surface area contributed by atoms with Gasteiger partial charge in [0.2, 0.25) is 0 Å². The van der Waals surface area contributed by atoms with E-state index in [4.69, 9.17) is 0 Å². The second-order valence-corrected chi connectivity index (χ2v) is 11.8. The Labute approximate surface area is 184 Å². The third kappa shape index (κ3) is 3.98. The van der Waals surface area contributed by atoms with Gasteiger partial charge >= 0.3 is 0 Å². The van der Waals surface area contributed by atoms with Crippen molar-refractivity contribution in [3.8, 4) is 0 Å². The quantitative estimate of drug-likeness (QED) is 0.704. The Hall–Kier alpha value is -2.34. The van der Waals surface area contributed by atoms with Crippen molar-refractivity contribution in [2.75, 3.05) is 4.72 Å². The van der Waals surface area contributed by atoms with Gasteiger partial charge in [-0.25, -0.2) is 8.42 Å². The van der Waals surface area contributed by atoms with Gasteiger partial charge in [0, 0.05) is 16.8 Å². The van der Waals surface area contributed by atoms with Crippen LogP contribution in [-0.2, 0) is 10.0 Å². The Morgan fingerprint density at radius 2 is 1.48 bits per heavy atom. The summed E-state index contributed by atoms with van der Waals surface area (Å²) < 4.78 is 28.7. The van der Waals surface area contributed by atoms with E-state index in [-0.39, 0.29) is 16.3 Å². The van der Waals surface area contributed by atoms with Crippen LogP contribution in [0.15, 0.2) is 47.4 Å². The van der Waals surface area contributed by atoms with Crippen LogP contribution in [0.4, 0.5) is 5.69 Å². The van der Waals surface area contributed by atoms with Crippen molar-refractivity contribution in [2.45, 2.75) is 62.8 Å². The smallest absolute Gasteiger partial charge is 0.262 e. The Kier molecular flexibility index (Phi) is 4.88. The number of aryl methyl sites for hydroxylation is 2. The van der Waals surface area contributed by atoms with E-state index in [1.165, 1.54) is 25.3 Å². The molecule has 0 aliphatic heterocycles. The lowest BCUT2D eigenvalue weighted by atomic mass is 9.53. The fourth-order valence-corrected chi connectivity index (χ4v) is 7.77. The molecule has 0 radical (unpaired) electrons. The first kappa shape index (κ1) is 20.6. The molecule has 164 valence electrons. The molecule has 2 N–H and O–H groups in total. The predicted octanol–water partition coefficient (Wildman–Crippen LogP) is 4.80. The highest BCUT2D eigenvalue weighted by Crippen LogP contribution is 2.55. The molecule has 6 heteroatoms. The van der Waals surface area contributed by atoms with Gasteiger partial charge < -0.3 is 5.32 Å². The number of carbonyl (C=O) groups is 1. The lowest BCUT2D eigenvalue weighted by molar-refractivity contribution is -0.0167. The molecule has 0 atom stereocenters. The van der Waals surface area contributed by atoms with E-state index < -0.39 is 10.0 Å². The van der Waals surface area contributed by atoms with Crippen LogP contribution in [0.5, 0.6) is 0 Å². The molecule has 0 unspecified atom stereocenters. The van der Waals surface area contributed by atoms with Gasteiger partial charge in [-0.05, 0) is 100.0 Å². The highest BCUT2D eigenvalue weighted by atomic mass is 32.2. The van der Waals surface area contributed by atoms with E-state index in [9.17, 15) is 13.2 Å². The summed E-state index contributed by atoms with van der Waals surface area (Å²) in [7, 11) is -3.80. The number of rotatable bonds is 5. The summed E-state index contributed by atoms with van der Waals surface area (Å²) in [6, 6.07) is 12.2. The van der Waals surface area contributed by atoms with Crippen LogP contribution in [-0.4, -0.2) is 19.9 Å². The summed E-state index contributed by atoms with van der Waals surface area (Å²) in [6.07, 6.45) is 7.14. The molecular formula is C25H30N2O3S. The van der Waals surface area contributed by atoms with Crippen LogP contribution in [0, 0.1) is 31.6 Å². The average molecular weight is 439 g/mol. The van der Waals surface area contributed by atoms with Gasteiger partial charge in [0.1, 0.15) is 0 Å². The Morgan fingerprint density at radius 3 is 2.06 bits per heavy atom. The van der Waals surface area contributed by atoms with Crippen molar-refractivity contribution in [3.63, 3.8) is 0 Å². The van der Waals surface area contributed by atoms with Gasteiger partial charge in [0.05, 0.1) is 4.90 Å². The second kappa shape index (κ2) is 7.37. The zero-order valence-electron chi connectivity index (χ0n) is 18.1. The molecule has 5 nitrogen and oxygen atoms in total. The van der Waals surface area contributed by atoms with Crippen molar-refractivity contribution < 1.29 is 13.2 Å². The number of sulfonamides is 1. The van der Waals surface area contributed by atoms with Crippen molar-refractivity contribution in [1.29, 1.82) is 0 Å². The molecule has 1 amide bonds. The van der Waals surface area contributed by atoms with Crippen molar-refractivity contribution in [3.05, 3.63) is 59.2 Å². The SMILES string of the molecule is Cc1ccc(NS(=O)(=O)c2cc(C(=O)NC34CC5CC(CC(C5)C3)C4)ccc2C)cc1. The molecule has 2 aromatic rings. The highest BCUT2D eigenvalue weighted by molar-refractivity contribution is 7.92. The maximum atomic E-state index is 13.2. The minimum absolute atomic E-state index is 0.101. The average Bonchev–Trinajstić information content (AvgIpc) is 2.68. The number of hydrogen-bond acceptors (Lipinski definition) is 3. The van der Waals surface area contributed by atoms with E-state index in [2.05, 4.69) is 10.0 Å². The van der Waals surface area contributed by atoms with Crippen LogP contribution < -0.4 is 10.0 Å². The van der Waals surface area contributed by atoms with Crippen molar-refractivity contribution in [1.82, 2.24) is 5.32 Å². The summed E-state index contributed by atoms with van der Waals surface area (Å²) >= 11 is 0. The van der Waals surface area contributed by atoms with Gasteiger partial charge in [-0.1, -0.05) is 23.8 Å². The number of carbonyl (C=O) groups excluding carboxylic acids is 1. The lowest BCUT2D eigenvalue weighted by Gasteiger charge is -2.56. The molecule has 0 aromatic heterocycles. The summed E-state index contributed by atoms with van der Waals surface area (Å²) in [5, 5.41) is 3.34. The Bertz CT molecular complexity index is 1090. The summed E-state index contributed by atoms with van der Waals surface area (Å²) in [6.45, 7) is 3.71. The molecule has 6 rings (SSSR count). The molecule has 0 heterocycles. The van der Waals surface area contributed by atoms with Gasteiger partial charge in [-0.2, -0.15) is 0 Å². The number of hydrogen-bond donors (Lipinski definition) is 2. The molecule has 2 aromatic carbocycles. The standard InChI is InChI=1S/C25H30N2O3S/c1-16-3-7-22(8-4-16)27-31(29,30)23-12-21(6-5-17(23)2)24(28)26-25-13-18-9-19(14-25)11-20(10-18)15-25/h3-8,12,18-20,27H,9-11,13-15H2,1-2H3,(H,26,28). The first-order valence-electron chi connectivity index (χ1n) is 11.2. The minimum Gasteiger partial charge on any atom is -0.347 e. The molecule has 0 spiro atoms. The maximum Gasteiger partial charge on any atom is 0.262 e. The van der Waals surface area contributed by atoms with Crippen LogP contribution in [0.2, 0.25) is 0 Å². The monoisotopic (exact) mass is 438 g/mol. The summed E-state index contributed by atoms with van der Waals surface area (Å²) in [4.78, 5) is 13.3. The minimum atomic E-state index is -3.80. The molecule has 4 saturated carbocycles. The molecule has 31 heavy (non-hydrogen) atoms.